The lowest BCUT2D eigenvalue weighted by molar-refractivity contribution is 0.0951. The number of nitrogens with two attached hydrogens (primary N) is 1. The maximum Gasteiger partial charge on any atom is 0.259 e. The average Bonchev–Trinajstić information content (AvgIpc) is 3.31. The number of fused-ring (bicyclic) bond motifs is 1. The van der Waals surface area contributed by atoms with Gasteiger partial charge in [-0.3, -0.25) is 4.79 Å². The molecule has 0 saturated carbocycles. The molecule has 1 aliphatic heterocycles. The van der Waals surface area contributed by atoms with E-state index < -0.39 is 5.91 Å². The molecule has 0 bridgehead atoms. The third-order valence-corrected chi connectivity index (χ3v) is 3.81. The van der Waals surface area contributed by atoms with Crippen molar-refractivity contribution < 1.29 is 23.2 Å². The fourth-order valence-electron chi connectivity index (χ4n) is 2.57. The number of carbonyl (C=O) groups is 1. The second kappa shape index (κ2) is 5.90. The van der Waals surface area contributed by atoms with Crippen LogP contribution in [0.2, 0.25) is 0 Å². The number of nitrogens with one attached hydrogen (secondary N) is 1. The number of rotatable bonds is 4. The summed E-state index contributed by atoms with van der Waals surface area (Å²) in [6.45, 7) is 2.29. The minimum Gasteiger partial charge on any atom is -0.460 e. The molecule has 3 heterocycles. The summed E-state index contributed by atoms with van der Waals surface area (Å²) in [7, 11) is 0. The third-order valence-electron chi connectivity index (χ3n) is 3.81. The van der Waals surface area contributed by atoms with Gasteiger partial charge in [-0.1, -0.05) is 11.2 Å². The van der Waals surface area contributed by atoms with Crippen LogP contribution in [0.1, 0.15) is 21.7 Å². The van der Waals surface area contributed by atoms with Gasteiger partial charge < -0.3 is 29.5 Å². The van der Waals surface area contributed by atoms with Crippen molar-refractivity contribution in [3.8, 4) is 23.0 Å². The number of furan rings is 1. The number of carbonyl (C=O) groups excluding carboxylic acids is 1. The number of nitrogens with zero attached hydrogens (tertiary/aromatic N) is 1. The fraction of sp³-hybridized carbons (Fsp3) is 0.176. The minimum atomic E-state index is -0.402. The first-order valence-corrected chi connectivity index (χ1v) is 7.60. The molecule has 0 saturated heterocycles. The molecule has 8 heteroatoms. The molecule has 0 fully saturated rings. The quantitative estimate of drug-likeness (QED) is 0.749. The summed E-state index contributed by atoms with van der Waals surface area (Å²) in [5, 5.41) is 6.62. The van der Waals surface area contributed by atoms with E-state index >= 15 is 0 Å². The highest BCUT2D eigenvalue weighted by Crippen LogP contribution is 2.32. The molecule has 0 aliphatic carbocycles. The largest absolute Gasteiger partial charge is 0.460 e. The Morgan fingerprint density at radius 1 is 1.24 bits per heavy atom. The average molecular weight is 341 g/mol. The van der Waals surface area contributed by atoms with Gasteiger partial charge in [-0.05, 0) is 36.8 Å². The monoisotopic (exact) mass is 341 g/mol. The Hall–Kier alpha value is -3.42. The molecule has 0 atom stereocenters. The van der Waals surface area contributed by atoms with E-state index in [1.807, 2.05) is 12.1 Å². The van der Waals surface area contributed by atoms with E-state index in [-0.39, 0.29) is 30.5 Å². The molecule has 1 aromatic carbocycles. The van der Waals surface area contributed by atoms with Gasteiger partial charge in [-0.2, -0.15) is 0 Å². The highest BCUT2D eigenvalue weighted by Gasteiger charge is 2.24. The van der Waals surface area contributed by atoms with Crippen molar-refractivity contribution in [3.05, 3.63) is 47.2 Å². The molecule has 1 aliphatic rings. The van der Waals surface area contributed by atoms with Crippen molar-refractivity contribution in [2.75, 3.05) is 12.5 Å². The number of anilines is 1. The summed E-state index contributed by atoms with van der Waals surface area (Å²) in [5.74, 6) is 2.00. The molecule has 8 nitrogen and oxygen atoms in total. The lowest BCUT2D eigenvalue weighted by atomic mass is 10.1. The zero-order valence-electron chi connectivity index (χ0n) is 13.4. The number of ether oxygens (including phenoxy) is 2. The van der Waals surface area contributed by atoms with Crippen LogP contribution in [0.5, 0.6) is 11.5 Å². The number of benzene rings is 1. The Morgan fingerprint density at radius 2 is 2.08 bits per heavy atom. The Labute approximate surface area is 142 Å². The van der Waals surface area contributed by atoms with Crippen LogP contribution < -0.4 is 20.5 Å². The number of amides is 1. The van der Waals surface area contributed by atoms with Gasteiger partial charge in [0.1, 0.15) is 11.3 Å². The number of aryl methyl sites for hydroxylation is 1. The Kier molecular flexibility index (Phi) is 3.57. The zero-order chi connectivity index (χ0) is 17.4. The normalized spacial score (nSPS) is 12.4. The molecule has 0 spiro atoms. The Morgan fingerprint density at radius 3 is 2.88 bits per heavy atom. The third kappa shape index (κ3) is 2.78. The van der Waals surface area contributed by atoms with Crippen LogP contribution in [0, 0.1) is 6.92 Å². The van der Waals surface area contributed by atoms with Crippen LogP contribution in [0.25, 0.3) is 11.5 Å². The minimum absolute atomic E-state index is 0.0627. The molecule has 4 rings (SSSR count). The Balaban J connectivity index is 1.53. The van der Waals surface area contributed by atoms with E-state index in [0.717, 1.165) is 5.56 Å². The van der Waals surface area contributed by atoms with Crippen molar-refractivity contribution in [2.45, 2.75) is 13.5 Å². The molecule has 3 aromatic rings. The first kappa shape index (κ1) is 15.1. The van der Waals surface area contributed by atoms with Gasteiger partial charge in [0.15, 0.2) is 23.0 Å². The van der Waals surface area contributed by atoms with E-state index in [1.165, 1.54) is 0 Å². The molecule has 128 valence electrons. The summed E-state index contributed by atoms with van der Waals surface area (Å²) in [5.41, 5.74) is 7.05. The van der Waals surface area contributed by atoms with E-state index in [1.54, 1.807) is 25.1 Å². The zero-order valence-corrected chi connectivity index (χ0v) is 13.4. The van der Waals surface area contributed by atoms with Crippen molar-refractivity contribution in [1.82, 2.24) is 10.5 Å². The second-order valence-corrected chi connectivity index (χ2v) is 5.55. The highest BCUT2D eigenvalue weighted by molar-refractivity contribution is 6.03. The van der Waals surface area contributed by atoms with E-state index in [9.17, 15) is 4.79 Å². The highest BCUT2D eigenvalue weighted by atomic mass is 16.7. The summed E-state index contributed by atoms with van der Waals surface area (Å²) >= 11 is 0. The molecule has 25 heavy (non-hydrogen) atoms. The van der Waals surface area contributed by atoms with E-state index in [4.69, 9.17) is 24.1 Å². The number of aromatic nitrogens is 1. The maximum atomic E-state index is 12.5. The van der Waals surface area contributed by atoms with Crippen LogP contribution in [0.15, 0.2) is 39.3 Å². The standard InChI is InChI=1S/C17H15N3O5/c1-9-2-4-12(24-9)15-14(16(18)25-20-15)17(21)19-7-10-3-5-11-13(6-10)23-8-22-11/h2-6H,7-8,18H2,1H3,(H,19,21). The van der Waals surface area contributed by atoms with Gasteiger partial charge in [-0.15, -0.1) is 0 Å². The maximum absolute atomic E-state index is 12.5. The van der Waals surface area contributed by atoms with Gasteiger partial charge in [0.2, 0.25) is 12.7 Å². The predicted octanol–water partition coefficient (Wildman–Crippen LogP) is 2.48. The van der Waals surface area contributed by atoms with Gasteiger partial charge in [0, 0.05) is 6.54 Å². The fourth-order valence-corrected chi connectivity index (χ4v) is 2.57. The van der Waals surface area contributed by atoms with Crippen LogP contribution in [0.3, 0.4) is 0 Å². The van der Waals surface area contributed by atoms with Crippen LogP contribution in [-0.2, 0) is 6.54 Å². The summed E-state index contributed by atoms with van der Waals surface area (Å²) in [6.07, 6.45) is 0. The lowest BCUT2D eigenvalue weighted by Crippen LogP contribution is -2.23. The topological polar surface area (TPSA) is 113 Å². The van der Waals surface area contributed by atoms with Crippen molar-refractivity contribution in [1.29, 1.82) is 0 Å². The SMILES string of the molecule is Cc1ccc(-c2noc(N)c2C(=O)NCc2ccc3c(c2)OCO3)o1. The first-order chi connectivity index (χ1) is 12.1. The molecule has 2 aromatic heterocycles. The van der Waals surface area contributed by atoms with Crippen molar-refractivity contribution >= 4 is 11.8 Å². The second-order valence-electron chi connectivity index (χ2n) is 5.55. The molecular formula is C17H15N3O5. The molecule has 3 N–H and O–H groups in total. The number of nitrogen functional groups attached to an aromatic ring is 1. The van der Waals surface area contributed by atoms with Crippen molar-refractivity contribution in [3.63, 3.8) is 0 Å². The summed E-state index contributed by atoms with van der Waals surface area (Å²) in [4.78, 5) is 12.5. The number of hydrogen-bond acceptors (Lipinski definition) is 7. The van der Waals surface area contributed by atoms with Crippen LogP contribution in [-0.4, -0.2) is 17.9 Å². The van der Waals surface area contributed by atoms with Gasteiger partial charge in [0.05, 0.1) is 0 Å². The number of hydrogen-bond donors (Lipinski definition) is 2. The molecule has 0 unspecified atom stereocenters. The lowest BCUT2D eigenvalue weighted by Gasteiger charge is -2.06. The summed E-state index contributed by atoms with van der Waals surface area (Å²) in [6, 6.07) is 8.95. The van der Waals surface area contributed by atoms with E-state index in [2.05, 4.69) is 10.5 Å². The molecular weight excluding hydrogens is 326 g/mol. The van der Waals surface area contributed by atoms with E-state index in [0.29, 0.717) is 23.0 Å². The van der Waals surface area contributed by atoms with Gasteiger partial charge >= 0.3 is 0 Å². The smallest absolute Gasteiger partial charge is 0.259 e. The molecule has 1 amide bonds. The predicted molar refractivity (Wildman–Crippen MR) is 87.1 cm³/mol. The first-order valence-electron chi connectivity index (χ1n) is 7.60. The van der Waals surface area contributed by atoms with Gasteiger partial charge in [0.25, 0.3) is 5.91 Å². The van der Waals surface area contributed by atoms with Gasteiger partial charge in [-0.25, -0.2) is 0 Å². The molecule has 0 radical (unpaired) electrons. The van der Waals surface area contributed by atoms with Crippen LogP contribution in [0.4, 0.5) is 5.88 Å². The van der Waals surface area contributed by atoms with Crippen molar-refractivity contribution in [2.24, 2.45) is 0 Å². The van der Waals surface area contributed by atoms with Crippen LogP contribution >= 0.6 is 0 Å². The summed E-state index contributed by atoms with van der Waals surface area (Å²) < 4.78 is 21.0. The Bertz CT molecular complexity index is 944.